The van der Waals surface area contributed by atoms with Crippen LogP contribution in [0.15, 0.2) is 6.33 Å². The highest BCUT2D eigenvalue weighted by atomic mass is 14.9. The van der Waals surface area contributed by atoms with E-state index in [1.807, 2.05) is 6.33 Å². The summed E-state index contributed by atoms with van der Waals surface area (Å²) < 4.78 is 0. The monoisotopic (exact) mass is 220 g/mol. The van der Waals surface area contributed by atoms with Crippen molar-refractivity contribution in [3.05, 3.63) is 17.7 Å². The van der Waals surface area contributed by atoms with E-state index in [2.05, 4.69) is 44.6 Å². The average Bonchev–Trinajstić information content (AvgIpc) is 2.73. The Labute approximate surface area is 98.9 Å². The van der Waals surface area contributed by atoms with Crippen LogP contribution < -0.4 is 0 Å². The summed E-state index contributed by atoms with van der Waals surface area (Å²) in [5, 5.41) is 0. The zero-order valence-corrected chi connectivity index (χ0v) is 11.2. The summed E-state index contributed by atoms with van der Waals surface area (Å²) in [7, 11) is 0. The first-order chi connectivity index (χ1) is 7.50. The first-order valence-corrected chi connectivity index (χ1v) is 6.53. The van der Waals surface area contributed by atoms with E-state index in [1.165, 1.54) is 24.2 Å². The number of rotatable bonds is 2. The van der Waals surface area contributed by atoms with Crippen LogP contribution in [-0.4, -0.2) is 9.97 Å². The fraction of sp³-hybridized carbons (Fsp3) is 0.786. The molecule has 2 rings (SSSR count). The second kappa shape index (κ2) is 3.90. The van der Waals surface area contributed by atoms with Crippen molar-refractivity contribution in [2.75, 3.05) is 0 Å². The van der Waals surface area contributed by atoms with Gasteiger partial charge in [0.1, 0.15) is 0 Å². The maximum Gasteiger partial charge on any atom is 0.0925 e. The highest BCUT2D eigenvalue weighted by Gasteiger charge is 2.46. The number of H-pyrrole nitrogens is 1. The third kappa shape index (κ3) is 1.59. The molecule has 1 aliphatic carbocycles. The van der Waals surface area contributed by atoms with Crippen molar-refractivity contribution in [1.29, 1.82) is 0 Å². The van der Waals surface area contributed by atoms with Gasteiger partial charge in [-0.2, -0.15) is 0 Å². The standard InChI is InChI=1S/C14H24N2/c1-6-9-11(14(3,4)5)10(7-2)13-12(9)15-8-16-13/h8-11H,6-7H2,1-5H3,(H,15,16). The minimum atomic E-state index is 0.364. The molecule has 2 nitrogen and oxygen atoms in total. The van der Waals surface area contributed by atoms with Gasteiger partial charge in [-0.05, 0) is 24.2 Å². The van der Waals surface area contributed by atoms with E-state index >= 15 is 0 Å². The van der Waals surface area contributed by atoms with Crippen LogP contribution in [0.25, 0.3) is 0 Å². The van der Waals surface area contributed by atoms with Crippen LogP contribution in [0.5, 0.6) is 0 Å². The third-order valence-corrected chi connectivity index (χ3v) is 4.17. The van der Waals surface area contributed by atoms with Crippen LogP contribution in [0.3, 0.4) is 0 Å². The SMILES string of the molecule is CCC1c2nc[nH]c2C(CC)C1C(C)(C)C. The molecule has 0 bridgehead atoms. The van der Waals surface area contributed by atoms with Crippen molar-refractivity contribution < 1.29 is 0 Å². The van der Waals surface area contributed by atoms with Gasteiger partial charge in [0, 0.05) is 17.5 Å². The van der Waals surface area contributed by atoms with Crippen LogP contribution >= 0.6 is 0 Å². The summed E-state index contributed by atoms with van der Waals surface area (Å²) >= 11 is 0. The Morgan fingerprint density at radius 1 is 1.19 bits per heavy atom. The smallest absolute Gasteiger partial charge is 0.0925 e. The van der Waals surface area contributed by atoms with Crippen molar-refractivity contribution >= 4 is 0 Å². The number of aromatic amines is 1. The molecule has 3 atom stereocenters. The van der Waals surface area contributed by atoms with Gasteiger partial charge < -0.3 is 4.98 Å². The zero-order chi connectivity index (χ0) is 11.9. The van der Waals surface area contributed by atoms with Gasteiger partial charge in [-0.3, -0.25) is 0 Å². The average molecular weight is 220 g/mol. The van der Waals surface area contributed by atoms with Gasteiger partial charge in [0.2, 0.25) is 0 Å². The Morgan fingerprint density at radius 2 is 1.81 bits per heavy atom. The van der Waals surface area contributed by atoms with Gasteiger partial charge in [0.15, 0.2) is 0 Å². The molecule has 1 aliphatic rings. The first kappa shape index (κ1) is 11.7. The highest BCUT2D eigenvalue weighted by molar-refractivity contribution is 5.30. The van der Waals surface area contributed by atoms with Crippen LogP contribution in [0.2, 0.25) is 0 Å². The largest absolute Gasteiger partial charge is 0.348 e. The van der Waals surface area contributed by atoms with Crippen molar-refractivity contribution in [2.45, 2.75) is 59.3 Å². The molecule has 0 aliphatic heterocycles. The number of hydrogen-bond acceptors (Lipinski definition) is 1. The lowest BCUT2D eigenvalue weighted by Crippen LogP contribution is -2.27. The fourth-order valence-corrected chi connectivity index (χ4v) is 3.65. The Kier molecular flexibility index (Phi) is 2.85. The van der Waals surface area contributed by atoms with E-state index in [9.17, 15) is 0 Å². The van der Waals surface area contributed by atoms with E-state index in [-0.39, 0.29) is 0 Å². The lowest BCUT2D eigenvalue weighted by atomic mass is 9.68. The summed E-state index contributed by atoms with van der Waals surface area (Å²) in [6.45, 7) is 11.7. The van der Waals surface area contributed by atoms with E-state index < -0.39 is 0 Å². The van der Waals surface area contributed by atoms with Crippen molar-refractivity contribution in [3.63, 3.8) is 0 Å². The molecule has 0 aromatic carbocycles. The molecule has 0 fully saturated rings. The van der Waals surface area contributed by atoms with Gasteiger partial charge >= 0.3 is 0 Å². The zero-order valence-electron chi connectivity index (χ0n) is 11.2. The van der Waals surface area contributed by atoms with Crippen LogP contribution in [0, 0.1) is 11.3 Å². The lowest BCUT2D eigenvalue weighted by molar-refractivity contribution is 0.173. The van der Waals surface area contributed by atoms with Gasteiger partial charge in [0.25, 0.3) is 0 Å². The second-order valence-electron chi connectivity index (χ2n) is 6.12. The Balaban J connectivity index is 2.44. The molecular weight excluding hydrogens is 196 g/mol. The van der Waals surface area contributed by atoms with Crippen molar-refractivity contribution in [2.24, 2.45) is 11.3 Å². The molecule has 0 spiro atoms. The summed E-state index contributed by atoms with van der Waals surface area (Å²) in [4.78, 5) is 7.93. The Hall–Kier alpha value is -0.790. The normalized spacial score (nSPS) is 29.4. The number of aromatic nitrogens is 2. The topological polar surface area (TPSA) is 28.7 Å². The molecule has 1 aromatic heterocycles. The summed E-state index contributed by atoms with van der Waals surface area (Å²) in [5.74, 6) is 2.05. The molecule has 16 heavy (non-hydrogen) atoms. The molecule has 2 heteroatoms. The number of imidazole rings is 1. The minimum Gasteiger partial charge on any atom is -0.348 e. The maximum atomic E-state index is 4.56. The number of hydrogen-bond donors (Lipinski definition) is 1. The number of nitrogens with one attached hydrogen (secondary N) is 1. The van der Waals surface area contributed by atoms with E-state index in [0.29, 0.717) is 17.3 Å². The number of fused-ring (bicyclic) bond motifs is 1. The Morgan fingerprint density at radius 3 is 2.31 bits per heavy atom. The highest BCUT2D eigenvalue weighted by Crippen LogP contribution is 2.55. The Bertz CT molecular complexity index is 333. The van der Waals surface area contributed by atoms with Gasteiger partial charge in [0.05, 0.1) is 12.0 Å². The molecular formula is C14H24N2. The molecule has 1 heterocycles. The molecule has 0 saturated heterocycles. The lowest BCUT2D eigenvalue weighted by Gasteiger charge is -2.36. The molecule has 0 amide bonds. The molecule has 1 aromatic rings. The van der Waals surface area contributed by atoms with Gasteiger partial charge in [-0.15, -0.1) is 0 Å². The van der Waals surface area contributed by atoms with Gasteiger partial charge in [-0.1, -0.05) is 34.6 Å². The second-order valence-corrected chi connectivity index (χ2v) is 6.12. The van der Waals surface area contributed by atoms with E-state index in [0.717, 1.165) is 5.92 Å². The summed E-state index contributed by atoms with van der Waals surface area (Å²) in [5.41, 5.74) is 3.12. The van der Waals surface area contributed by atoms with E-state index in [1.54, 1.807) is 0 Å². The molecule has 0 saturated carbocycles. The van der Waals surface area contributed by atoms with Crippen molar-refractivity contribution in [3.8, 4) is 0 Å². The molecule has 1 N–H and O–H groups in total. The molecule has 3 unspecified atom stereocenters. The third-order valence-electron chi connectivity index (χ3n) is 4.17. The summed E-state index contributed by atoms with van der Waals surface area (Å²) in [6.07, 6.45) is 4.29. The first-order valence-electron chi connectivity index (χ1n) is 6.53. The van der Waals surface area contributed by atoms with Crippen LogP contribution in [0.4, 0.5) is 0 Å². The van der Waals surface area contributed by atoms with E-state index in [4.69, 9.17) is 0 Å². The minimum absolute atomic E-state index is 0.364. The predicted octanol–water partition coefficient (Wildman–Crippen LogP) is 4.07. The predicted molar refractivity (Wildman–Crippen MR) is 67.6 cm³/mol. The maximum absolute atomic E-state index is 4.56. The van der Waals surface area contributed by atoms with Gasteiger partial charge in [-0.25, -0.2) is 4.98 Å². The fourth-order valence-electron chi connectivity index (χ4n) is 3.65. The molecule has 90 valence electrons. The van der Waals surface area contributed by atoms with Crippen LogP contribution in [-0.2, 0) is 0 Å². The van der Waals surface area contributed by atoms with Crippen LogP contribution in [0.1, 0.15) is 70.7 Å². The number of nitrogens with zero attached hydrogens (tertiary/aromatic N) is 1. The summed E-state index contributed by atoms with van der Waals surface area (Å²) in [6, 6.07) is 0. The van der Waals surface area contributed by atoms with Crippen molar-refractivity contribution in [1.82, 2.24) is 9.97 Å². The molecule has 0 radical (unpaired) electrons. The quantitative estimate of drug-likeness (QED) is 0.799.